The van der Waals surface area contributed by atoms with Crippen LogP contribution in [0.25, 0.3) is 0 Å². The number of sulfonamides is 1. The van der Waals surface area contributed by atoms with Crippen molar-refractivity contribution in [1.82, 2.24) is 0 Å². The monoisotopic (exact) mass is 316 g/mol. The summed E-state index contributed by atoms with van der Waals surface area (Å²) in [5.41, 5.74) is 0.555. The lowest BCUT2D eigenvalue weighted by Gasteiger charge is -2.08. The molecule has 2 aromatic rings. The van der Waals surface area contributed by atoms with Gasteiger partial charge in [0.15, 0.2) is 0 Å². The second-order valence-corrected chi connectivity index (χ2v) is 7.39. The highest BCUT2D eigenvalue weighted by Crippen LogP contribution is 2.26. The van der Waals surface area contributed by atoms with Crippen LogP contribution < -0.4 is 10.5 Å². The molecule has 0 spiro atoms. The fourth-order valence-corrected chi connectivity index (χ4v) is 3.13. The molecule has 1 aromatic heterocycles. The summed E-state index contributed by atoms with van der Waals surface area (Å²) < 4.78 is 22.6. The average Bonchev–Trinajstić information content (AvgIpc) is 2.72. The number of benzene rings is 1. The normalized spacial score (nSPS) is 11.5. The van der Waals surface area contributed by atoms with Gasteiger partial charge in [0.2, 0.25) is 10.0 Å². The predicted octanol–water partition coefficient (Wildman–Crippen LogP) is 2.97. The molecule has 0 fully saturated rings. The van der Waals surface area contributed by atoms with Crippen LogP contribution in [0.1, 0.15) is 9.75 Å². The van der Waals surface area contributed by atoms with Crippen molar-refractivity contribution in [3.63, 3.8) is 0 Å². The lowest BCUT2D eigenvalue weighted by molar-refractivity contribution is 0.598. The first-order valence-electron chi connectivity index (χ1n) is 5.48. The van der Waals surface area contributed by atoms with Gasteiger partial charge in [-0.25, -0.2) is 13.6 Å². The van der Waals surface area contributed by atoms with Crippen molar-refractivity contribution in [1.29, 1.82) is 0 Å². The lowest BCUT2D eigenvalue weighted by Crippen LogP contribution is -2.12. The van der Waals surface area contributed by atoms with Gasteiger partial charge in [0.05, 0.1) is 15.6 Å². The number of nitrogens with two attached hydrogens (primary N) is 1. The molecule has 1 aromatic carbocycles. The number of aryl methyl sites for hydroxylation is 1. The molecule has 7 heteroatoms. The zero-order chi connectivity index (χ0) is 14.0. The number of halogens is 1. The van der Waals surface area contributed by atoms with Gasteiger partial charge in [-0.15, -0.1) is 11.3 Å². The molecule has 19 heavy (non-hydrogen) atoms. The third-order valence-electron chi connectivity index (χ3n) is 2.52. The summed E-state index contributed by atoms with van der Waals surface area (Å²) in [6, 6.07) is 8.40. The molecular weight excluding hydrogens is 304 g/mol. The van der Waals surface area contributed by atoms with E-state index in [0.29, 0.717) is 17.3 Å². The van der Waals surface area contributed by atoms with Crippen LogP contribution in [0.4, 0.5) is 5.69 Å². The number of rotatable bonds is 4. The highest BCUT2D eigenvalue weighted by atomic mass is 35.5. The van der Waals surface area contributed by atoms with Crippen molar-refractivity contribution in [3.05, 3.63) is 45.1 Å². The van der Waals surface area contributed by atoms with Gasteiger partial charge in [0.25, 0.3) is 0 Å². The molecule has 0 unspecified atom stereocenters. The van der Waals surface area contributed by atoms with E-state index in [1.807, 2.05) is 19.1 Å². The molecule has 1 heterocycles. The first kappa shape index (κ1) is 14.3. The smallest absolute Gasteiger partial charge is 0.238 e. The van der Waals surface area contributed by atoms with Gasteiger partial charge in [-0.3, -0.25) is 0 Å². The number of primary sulfonamides is 1. The van der Waals surface area contributed by atoms with E-state index in [1.54, 1.807) is 11.3 Å². The first-order valence-corrected chi connectivity index (χ1v) is 8.22. The van der Waals surface area contributed by atoms with Crippen molar-refractivity contribution in [2.75, 3.05) is 5.32 Å². The molecule has 0 atom stereocenters. The predicted molar refractivity (Wildman–Crippen MR) is 79.2 cm³/mol. The van der Waals surface area contributed by atoms with Crippen molar-refractivity contribution < 1.29 is 8.42 Å². The second-order valence-electron chi connectivity index (χ2n) is 4.05. The number of hydrogen-bond acceptors (Lipinski definition) is 4. The molecule has 0 saturated carbocycles. The molecule has 0 amide bonds. The van der Waals surface area contributed by atoms with E-state index < -0.39 is 10.0 Å². The van der Waals surface area contributed by atoms with Gasteiger partial charge in [-0.2, -0.15) is 0 Å². The third kappa shape index (κ3) is 3.70. The molecule has 0 saturated heterocycles. The summed E-state index contributed by atoms with van der Waals surface area (Å²) >= 11 is 7.70. The number of anilines is 1. The van der Waals surface area contributed by atoms with E-state index in [-0.39, 0.29) is 4.90 Å². The standard InChI is InChI=1S/C12H13ClN2O2S2/c1-8-2-3-9(18-8)7-15-12-6-10(19(14,16)17)4-5-11(12)13/h2-6,15H,7H2,1H3,(H2,14,16,17). The van der Waals surface area contributed by atoms with Crippen LogP contribution in [-0.2, 0) is 16.6 Å². The maximum Gasteiger partial charge on any atom is 0.238 e. The Balaban J connectivity index is 2.20. The molecule has 2 rings (SSSR count). The number of nitrogens with one attached hydrogen (secondary N) is 1. The van der Waals surface area contributed by atoms with Crippen LogP contribution in [0.3, 0.4) is 0 Å². The molecule has 0 aliphatic carbocycles. The Morgan fingerprint density at radius 1 is 1.32 bits per heavy atom. The molecule has 4 nitrogen and oxygen atoms in total. The van der Waals surface area contributed by atoms with Gasteiger partial charge >= 0.3 is 0 Å². The minimum atomic E-state index is -3.72. The summed E-state index contributed by atoms with van der Waals surface area (Å²) in [7, 11) is -3.72. The van der Waals surface area contributed by atoms with Crippen LogP contribution in [0.5, 0.6) is 0 Å². The zero-order valence-electron chi connectivity index (χ0n) is 10.2. The van der Waals surface area contributed by atoms with Crippen molar-refractivity contribution in [3.8, 4) is 0 Å². The Kier molecular flexibility index (Phi) is 4.15. The molecule has 3 N–H and O–H groups in total. The van der Waals surface area contributed by atoms with E-state index >= 15 is 0 Å². The quantitative estimate of drug-likeness (QED) is 0.911. The molecule has 102 valence electrons. The van der Waals surface area contributed by atoms with Crippen LogP contribution in [-0.4, -0.2) is 8.42 Å². The molecular formula is C12H13ClN2O2S2. The summed E-state index contributed by atoms with van der Waals surface area (Å²) in [4.78, 5) is 2.41. The van der Waals surface area contributed by atoms with Gasteiger partial charge in [0.1, 0.15) is 0 Å². The van der Waals surface area contributed by atoms with Gasteiger partial charge in [-0.1, -0.05) is 11.6 Å². The maximum atomic E-state index is 11.3. The second kappa shape index (κ2) is 5.50. The Labute approximate surface area is 121 Å². The fraction of sp³-hybridized carbons (Fsp3) is 0.167. The van der Waals surface area contributed by atoms with Gasteiger partial charge in [0, 0.05) is 16.3 Å². The Bertz CT molecular complexity index is 696. The minimum Gasteiger partial charge on any atom is -0.379 e. The Morgan fingerprint density at radius 2 is 2.05 bits per heavy atom. The van der Waals surface area contributed by atoms with Crippen molar-refractivity contribution in [2.24, 2.45) is 5.14 Å². The molecule has 0 bridgehead atoms. The molecule has 0 aliphatic rings. The third-order valence-corrected chi connectivity index (χ3v) is 4.76. The van der Waals surface area contributed by atoms with E-state index in [1.165, 1.54) is 23.1 Å². The van der Waals surface area contributed by atoms with E-state index in [9.17, 15) is 8.42 Å². The Hall–Kier alpha value is -1.08. The van der Waals surface area contributed by atoms with E-state index in [4.69, 9.17) is 16.7 Å². The highest BCUT2D eigenvalue weighted by Gasteiger charge is 2.10. The van der Waals surface area contributed by atoms with E-state index in [0.717, 1.165) is 4.88 Å². The largest absolute Gasteiger partial charge is 0.379 e. The van der Waals surface area contributed by atoms with Gasteiger partial charge in [-0.05, 0) is 37.3 Å². The van der Waals surface area contributed by atoms with Crippen LogP contribution in [0.2, 0.25) is 5.02 Å². The zero-order valence-corrected chi connectivity index (χ0v) is 12.6. The molecule has 0 aliphatic heterocycles. The summed E-state index contributed by atoms with van der Waals surface area (Å²) in [5.74, 6) is 0. The summed E-state index contributed by atoms with van der Waals surface area (Å²) in [5, 5.41) is 8.66. The SMILES string of the molecule is Cc1ccc(CNc2cc(S(N)(=O)=O)ccc2Cl)s1. The van der Waals surface area contributed by atoms with Crippen LogP contribution in [0.15, 0.2) is 35.2 Å². The summed E-state index contributed by atoms with van der Waals surface area (Å²) in [6.45, 7) is 2.62. The van der Waals surface area contributed by atoms with Crippen LogP contribution >= 0.6 is 22.9 Å². The highest BCUT2D eigenvalue weighted by molar-refractivity contribution is 7.89. The van der Waals surface area contributed by atoms with E-state index in [2.05, 4.69) is 5.32 Å². The maximum absolute atomic E-state index is 11.3. The summed E-state index contributed by atoms with van der Waals surface area (Å²) in [6.07, 6.45) is 0. The topological polar surface area (TPSA) is 72.2 Å². The average molecular weight is 317 g/mol. The van der Waals surface area contributed by atoms with Crippen molar-refractivity contribution in [2.45, 2.75) is 18.4 Å². The minimum absolute atomic E-state index is 0.0433. The number of hydrogen-bond donors (Lipinski definition) is 2. The first-order chi connectivity index (χ1) is 8.86. The fourth-order valence-electron chi connectivity index (χ4n) is 1.58. The Morgan fingerprint density at radius 3 is 2.63 bits per heavy atom. The lowest BCUT2D eigenvalue weighted by atomic mass is 10.3. The number of thiophene rings is 1. The van der Waals surface area contributed by atoms with Crippen molar-refractivity contribution >= 4 is 38.6 Å². The van der Waals surface area contributed by atoms with Crippen LogP contribution in [0, 0.1) is 6.92 Å². The van der Waals surface area contributed by atoms with Gasteiger partial charge < -0.3 is 5.32 Å². The molecule has 0 radical (unpaired) electrons.